The summed E-state index contributed by atoms with van der Waals surface area (Å²) in [6.07, 6.45) is -0.692. The Bertz CT molecular complexity index is 517. The second kappa shape index (κ2) is 6.29. The van der Waals surface area contributed by atoms with Crippen molar-refractivity contribution in [2.45, 2.75) is 30.6 Å². The van der Waals surface area contributed by atoms with Crippen molar-refractivity contribution in [3.05, 3.63) is 24.3 Å². The fraction of sp³-hybridized carbons (Fsp3) is 0.500. The molecule has 1 aromatic carbocycles. The number of aliphatic hydroxyl groups is 1. The quantitative estimate of drug-likeness (QED) is 0.843. The van der Waals surface area contributed by atoms with Crippen LogP contribution in [0.4, 0.5) is 14.5 Å². The number of nitrogens with one attached hydrogen (secondary N) is 1. The number of aliphatic hydroxyl groups excluding tert-OH is 1. The molecule has 0 aromatic heterocycles. The molecule has 0 bridgehead atoms. The highest BCUT2D eigenvalue weighted by Crippen LogP contribution is 2.26. The van der Waals surface area contributed by atoms with E-state index < -0.39 is 26.6 Å². The molecule has 7 heteroatoms. The standard InChI is InChI=1S/C12H17F2NO3S/c1-8(2)10(16)7-15-9-5-3-4-6-11(9)19(17,18)12(13)14/h3-6,8,10,12,15-16H,7H2,1-2H3. The van der Waals surface area contributed by atoms with Gasteiger partial charge in [-0.15, -0.1) is 0 Å². The van der Waals surface area contributed by atoms with Crippen molar-refractivity contribution in [3.63, 3.8) is 0 Å². The molecule has 1 atom stereocenters. The summed E-state index contributed by atoms with van der Waals surface area (Å²) in [5, 5.41) is 12.3. The summed E-state index contributed by atoms with van der Waals surface area (Å²) in [4.78, 5) is -0.457. The molecule has 0 fully saturated rings. The molecule has 2 N–H and O–H groups in total. The topological polar surface area (TPSA) is 66.4 Å². The second-order valence-electron chi connectivity index (χ2n) is 4.49. The monoisotopic (exact) mass is 293 g/mol. The maximum Gasteiger partial charge on any atom is 0.341 e. The van der Waals surface area contributed by atoms with Gasteiger partial charge in [-0.1, -0.05) is 26.0 Å². The lowest BCUT2D eigenvalue weighted by Crippen LogP contribution is -2.25. The van der Waals surface area contributed by atoms with Gasteiger partial charge in [0.25, 0.3) is 0 Å². The van der Waals surface area contributed by atoms with Crippen LogP contribution >= 0.6 is 0 Å². The summed E-state index contributed by atoms with van der Waals surface area (Å²) in [5.41, 5.74) is 0.0718. The Morgan fingerprint density at radius 3 is 2.37 bits per heavy atom. The average molecular weight is 293 g/mol. The maximum absolute atomic E-state index is 12.5. The zero-order valence-corrected chi connectivity index (χ0v) is 11.5. The van der Waals surface area contributed by atoms with E-state index in [-0.39, 0.29) is 18.2 Å². The van der Waals surface area contributed by atoms with Gasteiger partial charge in [-0.2, -0.15) is 8.78 Å². The highest BCUT2D eigenvalue weighted by Gasteiger charge is 2.29. The van der Waals surface area contributed by atoms with Crippen LogP contribution in [0, 0.1) is 5.92 Å². The number of para-hydroxylation sites is 1. The van der Waals surface area contributed by atoms with Gasteiger partial charge >= 0.3 is 5.76 Å². The summed E-state index contributed by atoms with van der Waals surface area (Å²) in [6, 6.07) is 5.42. The summed E-state index contributed by atoms with van der Waals surface area (Å²) in [7, 11) is -4.65. The molecule has 0 aliphatic rings. The minimum atomic E-state index is -4.65. The summed E-state index contributed by atoms with van der Waals surface area (Å²) >= 11 is 0. The van der Waals surface area contributed by atoms with Crippen molar-refractivity contribution >= 4 is 15.5 Å². The van der Waals surface area contributed by atoms with Crippen molar-refractivity contribution in [2.75, 3.05) is 11.9 Å². The molecule has 0 aliphatic heterocycles. The van der Waals surface area contributed by atoms with Gasteiger partial charge in [-0.25, -0.2) is 8.42 Å². The zero-order valence-electron chi connectivity index (χ0n) is 10.7. The number of rotatable bonds is 6. The molecule has 0 amide bonds. The average Bonchev–Trinajstić information content (AvgIpc) is 2.35. The Morgan fingerprint density at radius 1 is 1.26 bits per heavy atom. The van der Waals surface area contributed by atoms with Crippen molar-refractivity contribution in [1.82, 2.24) is 0 Å². The summed E-state index contributed by atoms with van der Waals surface area (Å²) in [6.45, 7) is 3.69. The van der Waals surface area contributed by atoms with Crippen LogP contribution in [0.3, 0.4) is 0 Å². The van der Waals surface area contributed by atoms with Gasteiger partial charge < -0.3 is 10.4 Å². The predicted octanol–water partition coefficient (Wildman–Crippen LogP) is 2.11. The predicted molar refractivity (Wildman–Crippen MR) is 69.0 cm³/mol. The first-order valence-corrected chi connectivity index (χ1v) is 7.34. The highest BCUT2D eigenvalue weighted by atomic mass is 32.2. The molecule has 0 saturated carbocycles. The van der Waals surface area contributed by atoms with Crippen LogP contribution in [-0.2, 0) is 9.84 Å². The van der Waals surface area contributed by atoms with Crippen LogP contribution in [0.5, 0.6) is 0 Å². The maximum atomic E-state index is 12.5. The lowest BCUT2D eigenvalue weighted by molar-refractivity contribution is 0.138. The van der Waals surface area contributed by atoms with Gasteiger partial charge in [0, 0.05) is 6.54 Å². The smallest absolute Gasteiger partial charge is 0.341 e. The number of benzene rings is 1. The SMILES string of the molecule is CC(C)C(O)CNc1ccccc1S(=O)(=O)C(F)F. The summed E-state index contributed by atoms with van der Waals surface area (Å²) in [5.74, 6) is -3.49. The molecule has 0 spiro atoms. The molecule has 0 radical (unpaired) electrons. The number of alkyl halides is 2. The van der Waals surface area contributed by atoms with Crippen molar-refractivity contribution < 1.29 is 22.3 Å². The first-order chi connectivity index (χ1) is 8.76. The number of hydrogen-bond donors (Lipinski definition) is 2. The van der Waals surface area contributed by atoms with Crippen molar-refractivity contribution in [3.8, 4) is 0 Å². The lowest BCUT2D eigenvalue weighted by atomic mass is 10.1. The zero-order chi connectivity index (χ0) is 14.6. The van der Waals surface area contributed by atoms with E-state index in [0.717, 1.165) is 6.07 Å². The Kier molecular flexibility index (Phi) is 5.25. The lowest BCUT2D eigenvalue weighted by Gasteiger charge is -2.17. The second-order valence-corrected chi connectivity index (χ2v) is 6.38. The van der Waals surface area contributed by atoms with Gasteiger partial charge in [-0.05, 0) is 18.1 Å². The van der Waals surface area contributed by atoms with Gasteiger partial charge in [0.05, 0.1) is 16.7 Å². The van der Waals surface area contributed by atoms with Crippen LogP contribution < -0.4 is 5.32 Å². The van der Waals surface area contributed by atoms with Gasteiger partial charge in [0.1, 0.15) is 0 Å². The molecular formula is C12H17F2NO3S. The van der Waals surface area contributed by atoms with Crippen LogP contribution in [0.2, 0.25) is 0 Å². The minimum absolute atomic E-state index is 0.0219. The minimum Gasteiger partial charge on any atom is -0.391 e. The number of anilines is 1. The van der Waals surface area contributed by atoms with Crippen LogP contribution in [0.1, 0.15) is 13.8 Å². The van der Waals surface area contributed by atoms with E-state index in [0.29, 0.717) is 0 Å². The van der Waals surface area contributed by atoms with E-state index in [1.807, 2.05) is 0 Å². The largest absolute Gasteiger partial charge is 0.391 e. The van der Waals surface area contributed by atoms with E-state index >= 15 is 0 Å². The van der Waals surface area contributed by atoms with Crippen LogP contribution in [0.25, 0.3) is 0 Å². The number of sulfone groups is 1. The van der Waals surface area contributed by atoms with E-state index in [4.69, 9.17) is 0 Å². The van der Waals surface area contributed by atoms with Crippen LogP contribution in [-0.4, -0.2) is 31.9 Å². The first kappa shape index (κ1) is 15.8. The van der Waals surface area contributed by atoms with Crippen molar-refractivity contribution in [2.24, 2.45) is 5.92 Å². The van der Waals surface area contributed by atoms with Crippen LogP contribution in [0.15, 0.2) is 29.2 Å². The fourth-order valence-electron chi connectivity index (χ4n) is 1.41. The normalized spacial score (nSPS) is 13.8. The third-order valence-electron chi connectivity index (χ3n) is 2.70. The van der Waals surface area contributed by atoms with E-state index in [1.54, 1.807) is 13.8 Å². The van der Waals surface area contributed by atoms with Gasteiger partial charge in [0.2, 0.25) is 9.84 Å². The van der Waals surface area contributed by atoms with E-state index in [1.165, 1.54) is 18.2 Å². The molecule has 1 rings (SSSR count). The Balaban J connectivity index is 2.98. The Labute approximate surface area is 111 Å². The first-order valence-electron chi connectivity index (χ1n) is 5.79. The molecule has 0 aliphatic carbocycles. The summed E-state index contributed by atoms with van der Waals surface area (Å²) < 4.78 is 48.0. The molecule has 4 nitrogen and oxygen atoms in total. The Hall–Kier alpha value is -1.21. The van der Waals surface area contributed by atoms with E-state index in [9.17, 15) is 22.3 Å². The Morgan fingerprint density at radius 2 is 1.84 bits per heavy atom. The van der Waals surface area contributed by atoms with Gasteiger partial charge in [-0.3, -0.25) is 0 Å². The molecule has 1 unspecified atom stereocenters. The third kappa shape index (κ3) is 3.87. The third-order valence-corrected chi connectivity index (χ3v) is 4.14. The van der Waals surface area contributed by atoms with E-state index in [2.05, 4.69) is 5.32 Å². The molecule has 19 heavy (non-hydrogen) atoms. The van der Waals surface area contributed by atoms with Crippen molar-refractivity contribution in [1.29, 1.82) is 0 Å². The molecule has 0 saturated heterocycles. The highest BCUT2D eigenvalue weighted by molar-refractivity contribution is 7.91. The molecular weight excluding hydrogens is 276 g/mol. The number of hydrogen-bond acceptors (Lipinski definition) is 4. The number of halogens is 2. The van der Waals surface area contributed by atoms with Gasteiger partial charge in [0.15, 0.2) is 0 Å². The fourth-order valence-corrected chi connectivity index (χ4v) is 2.31. The molecule has 108 valence electrons. The molecule has 0 heterocycles. The molecule has 1 aromatic rings.